The lowest BCUT2D eigenvalue weighted by molar-refractivity contribution is -0.200. The molecule has 0 bridgehead atoms. The summed E-state index contributed by atoms with van der Waals surface area (Å²) in [5.41, 5.74) is -0.00719. The molecule has 11 heteroatoms. The van der Waals surface area contributed by atoms with Gasteiger partial charge in [0.1, 0.15) is 11.5 Å². The second-order valence-corrected chi connectivity index (χ2v) is 12.1. The maximum Gasteiger partial charge on any atom is 0.302 e. The Bertz CT molecular complexity index is 806. The second kappa shape index (κ2) is 13.2. The Morgan fingerprint density at radius 2 is 1.97 bits per heavy atom. The lowest BCUT2D eigenvalue weighted by Gasteiger charge is -2.32. The van der Waals surface area contributed by atoms with Crippen LogP contribution in [0.15, 0.2) is 12.2 Å². The molecule has 3 aliphatic rings. The van der Waals surface area contributed by atoms with Crippen molar-refractivity contribution in [1.29, 1.82) is 0 Å². The van der Waals surface area contributed by atoms with Crippen molar-refractivity contribution < 1.29 is 37.0 Å². The van der Waals surface area contributed by atoms with E-state index >= 15 is 0 Å². The molecule has 2 saturated heterocycles. The van der Waals surface area contributed by atoms with Crippen molar-refractivity contribution in [3.05, 3.63) is 12.2 Å². The van der Waals surface area contributed by atoms with Crippen LogP contribution >= 0.6 is 11.8 Å². The number of thioether (sulfide) groups is 1. The van der Waals surface area contributed by atoms with Crippen LogP contribution in [0, 0.1) is 11.8 Å². The lowest BCUT2D eigenvalue weighted by atomic mass is 9.90. The minimum Gasteiger partial charge on any atom is -0.462 e. The zero-order valence-corrected chi connectivity index (χ0v) is 21.6. The van der Waals surface area contributed by atoms with Crippen LogP contribution in [0.5, 0.6) is 0 Å². The number of nitrogens with one attached hydrogen (secondary N) is 1. The minimum absolute atomic E-state index is 0.00719. The summed E-state index contributed by atoms with van der Waals surface area (Å²) >= 11 is 1.78. The van der Waals surface area contributed by atoms with Gasteiger partial charge in [-0.1, -0.05) is 12.2 Å². The molecule has 0 aromatic heterocycles. The van der Waals surface area contributed by atoms with E-state index in [4.69, 9.17) is 18.9 Å². The van der Waals surface area contributed by atoms with E-state index in [1.165, 1.54) is 6.92 Å². The Hall–Kier alpha value is -1.14. The summed E-state index contributed by atoms with van der Waals surface area (Å²) in [5, 5.41) is 0. The van der Waals surface area contributed by atoms with Gasteiger partial charge in [0, 0.05) is 44.0 Å². The van der Waals surface area contributed by atoms with Crippen molar-refractivity contribution in [1.82, 2.24) is 4.72 Å². The molecule has 0 aromatic rings. The number of ether oxygens (including phenoxy) is 4. The molecule has 3 rings (SSSR count). The molecule has 34 heavy (non-hydrogen) atoms. The fourth-order valence-electron chi connectivity index (χ4n) is 4.89. The van der Waals surface area contributed by atoms with Crippen LogP contribution in [0.1, 0.15) is 58.3 Å². The van der Waals surface area contributed by atoms with Crippen LogP contribution in [0.4, 0.5) is 0 Å². The predicted octanol–water partition coefficient (Wildman–Crippen LogP) is 2.75. The van der Waals surface area contributed by atoms with E-state index in [0.717, 1.165) is 31.3 Å². The molecule has 1 saturated carbocycles. The van der Waals surface area contributed by atoms with Crippen molar-refractivity contribution in [3.63, 3.8) is 0 Å². The Morgan fingerprint density at radius 3 is 2.62 bits per heavy atom. The van der Waals surface area contributed by atoms with Crippen molar-refractivity contribution >= 4 is 33.7 Å². The largest absolute Gasteiger partial charge is 0.462 e. The van der Waals surface area contributed by atoms with Gasteiger partial charge in [0.2, 0.25) is 15.9 Å². The quantitative estimate of drug-likeness (QED) is 0.250. The Balaban J connectivity index is 1.60. The highest BCUT2D eigenvalue weighted by Gasteiger charge is 2.50. The number of amides is 1. The van der Waals surface area contributed by atoms with Crippen molar-refractivity contribution in [2.24, 2.45) is 11.8 Å². The van der Waals surface area contributed by atoms with Crippen LogP contribution in [0.2, 0.25) is 0 Å². The molecule has 0 aromatic carbocycles. The molecule has 1 aliphatic carbocycles. The van der Waals surface area contributed by atoms with Gasteiger partial charge in [0.05, 0.1) is 19.0 Å². The van der Waals surface area contributed by atoms with Gasteiger partial charge in [0.15, 0.2) is 6.29 Å². The minimum atomic E-state index is -3.52. The zero-order chi connectivity index (χ0) is 24.6. The van der Waals surface area contributed by atoms with E-state index in [0.29, 0.717) is 38.9 Å². The number of hydrogen-bond acceptors (Lipinski definition) is 9. The number of carbonyl (C=O) groups is 2. The summed E-state index contributed by atoms with van der Waals surface area (Å²) in [5.74, 6) is 0.265. The SMILES string of the molecule is CC(=O)OC1CC(OC2CCCCO2)C(C2OCCS2)C1C/C=C\CCCC(=O)NS(C)(=O)=O. The van der Waals surface area contributed by atoms with Gasteiger partial charge in [-0.2, -0.15) is 0 Å². The van der Waals surface area contributed by atoms with Gasteiger partial charge >= 0.3 is 5.97 Å². The third-order valence-electron chi connectivity index (χ3n) is 6.26. The van der Waals surface area contributed by atoms with Gasteiger partial charge < -0.3 is 18.9 Å². The fourth-order valence-corrected chi connectivity index (χ4v) is 6.62. The summed E-state index contributed by atoms with van der Waals surface area (Å²) < 4.78 is 48.2. The van der Waals surface area contributed by atoms with Gasteiger partial charge in [-0.05, 0) is 38.5 Å². The highest BCUT2D eigenvalue weighted by molar-refractivity contribution is 8.00. The molecule has 2 heterocycles. The number of esters is 1. The van der Waals surface area contributed by atoms with Gasteiger partial charge in [-0.15, -0.1) is 11.8 Å². The molecule has 1 N–H and O–H groups in total. The van der Waals surface area contributed by atoms with E-state index in [-0.39, 0.29) is 48.2 Å². The third-order valence-corrected chi connectivity index (χ3v) is 8.04. The second-order valence-electron chi connectivity index (χ2n) is 9.10. The van der Waals surface area contributed by atoms with E-state index in [1.807, 2.05) is 10.8 Å². The first-order chi connectivity index (χ1) is 16.2. The van der Waals surface area contributed by atoms with Crippen LogP contribution in [0.3, 0.4) is 0 Å². The summed E-state index contributed by atoms with van der Waals surface area (Å²) in [7, 11) is -3.52. The molecule has 1 amide bonds. The van der Waals surface area contributed by atoms with E-state index < -0.39 is 15.9 Å². The first-order valence-corrected chi connectivity index (χ1v) is 15.0. The molecule has 9 nitrogen and oxygen atoms in total. The lowest BCUT2D eigenvalue weighted by Crippen LogP contribution is -2.36. The summed E-state index contributed by atoms with van der Waals surface area (Å²) in [6.45, 7) is 2.84. The number of carbonyl (C=O) groups excluding carboxylic acids is 2. The molecule has 2 aliphatic heterocycles. The standard InChI is InChI=1S/C23H37NO8S2/c1-16(25)31-18-15-19(32-21-11-7-8-12-29-21)22(23-30-13-14-33-23)17(18)9-5-3-4-6-10-20(26)24-34(2,27)28/h3,5,17-19,21-23H,4,6-15H2,1-2H3,(H,24,26)/b5-3-. The first-order valence-electron chi connectivity index (χ1n) is 12.1. The number of sulfonamides is 1. The zero-order valence-electron chi connectivity index (χ0n) is 20.0. The average molecular weight is 520 g/mol. The third kappa shape index (κ3) is 8.82. The van der Waals surface area contributed by atoms with Gasteiger partial charge in [0.25, 0.3) is 0 Å². The van der Waals surface area contributed by atoms with E-state index in [9.17, 15) is 18.0 Å². The van der Waals surface area contributed by atoms with Crippen LogP contribution in [-0.4, -0.2) is 69.5 Å². The molecule has 194 valence electrons. The Morgan fingerprint density at radius 1 is 1.15 bits per heavy atom. The van der Waals surface area contributed by atoms with Crippen molar-refractivity contribution in [2.75, 3.05) is 25.2 Å². The number of hydrogen-bond donors (Lipinski definition) is 1. The van der Waals surface area contributed by atoms with Crippen LogP contribution in [-0.2, 0) is 38.6 Å². The van der Waals surface area contributed by atoms with E-state index in [1.54, 1.807) is 11.8 Å². The maximum absolute atomic E-state index is 11.8. The van der Waals surface area contributed by atoms with Crippen LogP contribution < -0.4 is 4.72 Å². The molecule has 0 spiro atoms. The number of rotatable bonds is 11. The highest BCUT2D eigenvalue weighted by atomic mass is 32.2. The number of allylic oxidation sites excluding steroid dienone is 2. The molecular formula is C23H37NO8S2. The average Bonchev–Trinajstić information content (AvgIpc) is 3.38. The summed E-state index contributed by atoms with van der Waals surface area (Å²) in [6, 6.07) is 0. The fraction of sp³-hybridized carbons (Fsp3) is 0.826. The monoisotopic (exact) mass is 519 g/mol. The van der Waals surface area contributed by atoms with Gasteiger partial charge in [-0.25, -0.2) is 8.42 Å². The Labute approximate surface area is 206 Å². The first kappa shape index (κ1) is 27.4. The van der Waals surface area contributed by atoms with Crippen LogP contribution in [0.25, 0.3) is 0 Å². The molecular weight excluding hydrogens is 482 g/mol. The molecule has 3 fully saturated rings. The molecule has 6 atom stereocenters. The number of unbranched alkanes of at least 4 members (excludes halogenated alkanes) is 1. The van der Waals surface area contributed by atoms with Gasteiger partial charge in [-0.3, -0.25) is 14.3 Å². The summed E-state index contributed by atoms with van der Waals surface area (Å²) in [4.78, 5) is 23.5. The maximum atomic E-state index is 11.8. The smallest absolute Gasteiger partial charge is 0.302 e. The van der Waals surface area contributed by atoms with E-state index in [2.05, 4.69) is 6.08 Å². The Kier molecular flexibility index (Phi) is 10.7. The predicted molar refractivity (Wildman–Crippen MR) is 128 cm³/mol. The topological polar surface area (TPSA) is 117 Å². The molecule has 0 radical (unpaired) electrons. The normalized spacial score (nSPS) is 32.2. The highest BCUT2D eigenvalue weighted by Crippen LogP contribution is 2.46. The van der Waals surface area contributed by atoms with Crippen molar-refractivity contribution in [2.45, 2.75) is 82.2 Å². The molecule has 6 unspecified atom stereocenters. The van der Waals surface area contributed by atoms with Crippen molar-refractivity contribution in [3.8, 4) is 0 Å². The summed E-state index contributed by atoms with van der Waals surface area (Å²) in [6.07, 6.45) is 10.1.